The van der Waals surface area contributed by atoms with Crippen molar-refractivity contribution < 1.29 is 0 Å². The van der Waals surface area contributed by atoms with Gasteiger partial charge in [0, 0.05) is 0 Å². The molecule has 0 unspecified atom stereocenters. The van der Waals surface area contributed by atoms with Gasteiger partial charge in [-0.25, -0.2) is 0 Å². The first kappa shape index (κ1) is 17.5. The molecule has 0 aromatic heterocycles. The molecule has 1 aromatic carbocycles. The molecular weight excluding hydrogens is 307 g/mol. The summed E-state index contributed by atoms with van der Waals surface area (Å²) in [6, 6.07) is 10.6. The van der Waals surface area contributed by atoms with Gasteiger partial charge < -0.3 is 0 Å². The minimum absolute atomic E-state index is 0.691. The predicted octanol–water partition coefficient (Wildman–Crippen LogP) is 6.31. The van der Waals surface area contributed by atoms with E-state index in [4.69, 9.17) is 0 Å². The first-order chi connectivity index (χ1) is 9.93. The quantitative estimate of drug-likeness (QED) is 0.310. The van der Waals surface area contributed by atoms with Gasteiger partial charge in [-0.1, -0.05) is 0 Å². The molecule has 0 aliphatic rings. The molecule has 0 aliphatic heterocycles. The summed E-state index contributed by atoms with van der Waals surface area (Å²) in [5.41, 5.74) is 1.33. The molecule has 112 valence electrons. The monoisotopic (exact) mass is 338 g/mol. The molecule has 0 bridgehead atoms. The van der Waals surface area contributed by atoms with Crippen LogP contribution in [-0.4, -0.2) is 15.0 Å². The third-order valence-corrected chi connectivity index (χ3v) is 5.31. The average Bonchev–Trinajstić information content (AvgIpc) is 2.49. The van der Waals surface area contributed by atoms with Crippen LogP contribution in [0.15, 0.2) is 35.3 Å². The minimum atomic E-state index is 0.691. The summed E-state index contributed by atoms with van der Waals surface area (Å²) in [5, 5.41) is 1.41. The summed E-state index contributed by atoms with van der Waals surface area (Å²) < 4.78 is 0. The second-order valence-corrected chi connectivity index (χ2v) is 7.54. The summed E-state index contributed by atoms with van der Waals surface area (Å²) >= 11 is 0.691. The molecule has 0 nitrogen and oxygen atoms in total. The van der Waals surface area contributed by atoms with Crippen molar-refractivity contribution in [1.29, 1.82) is 0 Å². The number of rotatable bonds is 12. The molecule has 0 N–H and O–H groups in total. The van der Waals surface area contributed by atoms with Crippen molar-refractivity contribution in [1.82, 2.24) is 0 Å². The molecule has 0 spiro atoms. The van der Waals surface area contributed by atoms with Gasteiger partial charge in [0.15, 0.2) is 0 Å². The fourth-order valence-corrected chi connectivity index (χ4v) is 3.85. The van der Waals surface area contributed by atoms with Crippen LogP contribution in [0.3, 0.4) is 0 Å². The zero-order valence-electron chi connectivity index (χ0n) is 13.0. The van der Waals surface area contributed by atoms with E-state index in [2.05, 4.69) is 48.3 Å². The molecular formula is C19H30Se. The van der Waals surface area contributed by atoms with E-state index in [-0.39, 0.29) is 0 Å². The van der Waals surface area contributed by atoms with Crippen LogP contribution in [0.4, 0.5) is 0 Å². The Morgan fingerprint density at radius 1 is 0.800 bits per heavy atom. The van der Waals surface area contributed by atoms with Gasteiger partial charge in [0.25, 0.3) is 0 Å². The van der Waals surface area contributed by atoms with Crippen LogP contribution >= 0.6 is 0 Å². The van der Waals surface area contributed by atoms with Gasteiger partial charge >= 0.3 is 132 Å². The zero-order valence-corrected chi connectivity index (χ0v) is 14.7. The van der Waals surface area contributed by atoms with E-state index in [0.717, 1.165) is 0 Å². The van der Waals surface area contributed by atoms with Gasteiger partial charge in [-0.2, -0.15) is 0 Å². The molecule has 20 heavy (non-hydrogen) atoms. The summed E-state index contributed by atoms with van der Waals surface area (Å²) in [7, 11) is 0. The van der Waals surface area contributed by atoms with Crippen LogP contribution in [0.5, 0.6) is 0 Å². The maximum absolute atomic E-state index is 2.38. The summed E-state index contributed by atoms with van der Waals surface area (Å²) in [6.07, 6.45) is 15.2. The SMILES string of the molecule is CCCCCCCCCCC[Se]/C=C/c1ccccc1. The summed E-state index contributed by atoms with van der Waals surface area (Å²) in [4.78, 5) is 2.38. The average molecular weight is 337 g/mol. The Kier molecular flexibility index (Phi) is 11.8. The molecule has 0 fully saturated rings. The summed E-state index contributed by atoms with van der Waals surface area (Å²) in [6.45, 7) is 2.29. The molecule has 0 saturated heterocycles. The van der Waals surface area contributed by atoms with Crippen LogP contribution in [0.25, 0.3) is 6.08 Å². The third kappa shape index (κ3) is 10.3. The van der Waals surface area contributed by atoms with Gasteiger partial charge in [0.2, 0.25) is 0 Å². The number of benzene rings is 1. The molecule has 1 rings (SSSR count). The molecule has 1 heteroatoms. The van der Waals surface area contributed by atoms with Crippen molar-refractivity contribution in [2.45, 2.75) is 70.0 Å². The summed E-state index contributed by atoms with van der Waals surface area (Å²) in [5.74, 6) is 0. The topological polar surface area (TPSA) is 0 Å². The molecule has 0 radical (unpaired) electrons. The van der Waals surface area contributed by atoms with E-state index in [1.807, 2.05) is 0 Å². The molecule has 0 aliphatic carbocycles. The molecule has 0 atom stereocenters. The molecule has 0 amide bonds. The van der Waals surface area contributed by atoms with Crippen LogP contribution < -0.4 is 0 Å². The van der Waals surface area contributed by atoms with Crippen molar-refractivity contribution >= 4 is 21.0 Å². The first-order valence-corrected chi connectivity index (χ1v) is 10.5. The van der Waals surface area contributed by atoms with Crippen molar-refractivity contribution in [2.75, 3.05) is 0 Å². The van der Waals surface area contributed by atoms with Gasteiger partial charge in [0.1, 0.15) is 0 Å². The van der Waals surface area contributed by atoms with Crippen LogP contribution in [0.2, 0.25) is 5.32 Å². The Labute approximate surface area is 132 Å². The number of hydrogen-bond donors (Lipinski definition) is 0. The van der Waals surface area contributed by atoms with Crippen LogP contribution in [0, 0.1) is 0 Å². The van der Waals surface area contributed by atoms with Crippen LogP contribution in [0.1, 0.15) is 70.3 Å². The molecule has 0 saturated carbocycles. The molecule has 1 aromatic rings. The van der Waals surface area contributed by atoms with E-state index >= 15 is 0 Å². The second-order valence-electron chi connectivity index (χ2n) is 5.41. The Morgan fingerprint density at radius 3 is 2.05 bits per heavy atom. The Hall–Kier alpha value is -0.521. The van der Waals surface area contributed by atoms with Crippen molar-refractivity contribution in [3.8, 4) is 0 Å². The van der Waals surface area contributed by atoms with Crippen molar-refractivity contribution in [3.63, 3.8) is 0 Å². The van der Waals surface area contributed by atoms with E-state index in [0.29, 0.717) is 15.0 Å². The van der Waals surface area contributed by atoms with E-state index in [1.54, 1.807) is 0 Å². The Bertz CT molecular complexity index is 329. The van der Waals surface area contributed by atoms with Gasteiger partial charge in [-0.05, 0) is 0 Å². The van der Waals surface area contributed by atoms with Crippen LogP contribution in [-0.2, 0) is 0 Å². The predicted molar refractivity (Wildman–Crippen MR) is 93.3 cm³/mol. The van der Waals surface area contributed by atoms with E-state index in [1.165, 1.54) is 68.7 Å². The molecule has 0 heterocycles. The second kappa shape index (κ2) is 13.5. The fourth-order valence-electron chi connectivity index (χ4n) is 2.25. The van der Waals surface area contributed by atoms with Gasteiger partial charge in [-0.15, -0.1) is 0 Å². The van der Waals surface area contributed by atoms with Crippen molar-refractivity contribution in [3.05, 3.63) is 40.9 Å². The van der Waals surface area contributed by atoms with E-state index < -0.39 is 0 Å². The van der Waals surface area contributed by atoms with Gasteiger partial charge in [0.05, 0.1) is 0 Å². The van der Waals surface area contributed by atoms with E-state index in [9.17, 15) is 0 Å². The van der Waals surface area contributed by atoms with Gasteiger partial charge in [-0.3, -0.25) is 0 Å². The normalized spacial score (nSPS) is 11.2. The first-order valence-electron chi connectivity index (χ1n) is 8.26. The standard InChI is InChI=1S/C19H30Se/c1-2-3-4-5-6-7-8-9-13-17-20-18-16-19-14-11-10-12-15-19/h10-12,14-16,18H,2-9,13,17H2,1H3/b18-16+. The number of unbranched alkanes of at least 4 members (excludes halogenated alkanes) is 8. The number of hydrogen-bond acceptors (Lipinski definition) is 0. The fraction of sp³-hybridized carbons (Fsp3) is 0.579. The Balaban J connectivity index is 1.84. The Morgan fingerprint density at radius 2 is 1.40 bits per heavy atom. The van der Waals surface area contributed by atoms with Crippen molar-refractivity contribution in [2.24, 2.45) is 0 Å². The third-order valence-electron chi connectivity index (χ3n) is 3.52. The maximum atomic E-state index is 2.38. The zero-order chi connectivity index (χ0) is 14.3.